The lowest BCUT2D eigenvalue weighted by molar-refractivity contribution is 0.0980. The van der Waals surface area contributed by atoms with Gasteiger partial charge in [-0.15, -0.1) is 0 Å². The zero-order valence-electron chi connectivity index (χ0n) is 10.2. The summed E-state index contributed by atoms with van der Waals surface area (Å²) in [6, 6.07) is 9.60. The fraction of sp³-hybridized carbons (Fsp3) is 0.267. The van der Waals surface area contributed by atoms with Crippen LogP contribution in [-0.2, 0) is 6.42 Å². The highest BCUT2D eigenvalue weighted by Crippen LogP contribution is 2.16. The zero-order valence-corrected chi connectivity index (χ0v) is 10.2. The zero-order chi connectivity index (χ0) is 12.3. The monoisotopic (exact) mass is 228 g/mol. The SMILES string of the molecule is Cc1cccc(C(=O)CCc2ccco2)c1C. The van der Waals surface area contributed by atoms with Crippen LogP contribution in [0.3, 0.4) is 0 Å². The number of carbonyl (C=O) groups excluding carboxylic acids is 1. The van der Waals surface area contributed by atoms with E-state index in [1.54, 1.807) is 6.26 Å². The van der Waals surface area contributed by atoms with Crippen molar-refractivity contribution in [2.24, 2.45) is 0 Å². The lowest BCUT2D eigenvalue weighted by Crippen LogP contribution is -2.04. The quantitative estimate of drug-likeness (QED) is 0.747. The number of ketones is 1. The molecule has 0 bridgehead atoms. The maximum atomic E-state index is 12.1. The molecule has 2 aromatic rings. The maximum absolute atomic E-state index is 12.1. The molecule has 0 N–H and O–H groups in total. The Balaban J connectivity index is 2.07. The third-order valence-electron chi connectivity index (χ3n) is 3.08. The summed E-state index contributed by atoms with van der Waals surface area (Å²) in [5, 5.41) is 0. The van der Waals surface area contributed by atoms with Gasteiger partial charge in [-0.3, -0.25) is 4.79 Å². The van der Waals surface area contributed by atoms with E-state index in [1.165, 1.54) is 0 Å². The van der Waals surface area contributed by atoms with Crippen molar-refractivity contribution in [3.05, 3.63) is 59.0 Å². The molecule has 0 amide bonds. The smallest absolute Gasteiger partial charge is 0.163 e. The Hall–Kier alpha value is -1.83. The van der Waals surface area contributed by atoms with E-state index in [4.69, 9.17) is 4.42 Å². The Labute approximate surface area is 101 Å². The fourth-order valence-corrected chi connectivity index (χ4v) is 1.88. The molecule has 2 nitrogen and oxygen atoms in total. The third kappa shape index (κ3) is 2.64. The first kappa shape index (κ1) is 11.6. The molecule has 0 spiro atoms. The van der Waals surface area contributed by atoms with Crippen LogP contribution in [0.4, 0.5) is 0 Å². The average molecular weight is 228 g/mol. The molecule has 1 heterocycles. The van der Waals surface area contributed by atoms with Gasteiger partial charge >= 0.3 is 0 Å². The summed E-state index contributed by atoms with van der Waals surface area (Å²) in [4.78, 5) is 12.1. The molecule has 0 fully saturated rings. The van der Waals surface area contributed by atoms with Gasteiger partial charge in [0, 0.05) is 18.4 Å². The van der Waals surface area contributed by atoms with Crippen LogP contribution in [0.15, 0.2) is 41.0 Å². The molecule has 0 atom stereocenters. The predicted octanol–water partition coefficient (Wildman–Crippen LogP) is 3.71. The lowest BCUT2D eigenvalue weighted by atomic mass is 9.98. The molecular formula is C15H16O2. The van der Waals surface area contributed by atoms with Crippen LogP contribution in [0.1, 0.15) is 33.7 Å². The summed E-state index contributed by atoms with van der Waals surface area (Å²) in [5.74, 6) is 1.05. The first-order valence-corrected chi connectivity index (χ1v) is 5.80. The number of hydrogen-bond donors (Lipinski definition) is 0. The van der Waals surface area contributed by atoms with Gasteiger partial charge in [-0.05, 0) is 37.1 Å². The normalized spacial score (nSPS) is 10.5. The van der Waals surface area contributed by atoms with Crippen molar-refractivity contribution in [2.75, 3.05) is 0 Å². The van der Waals surface area contributed by atoms with E-state index >= 15 is 0 Å². The van der Waals surface area contributed by atoms with E-state index in [-0.39, 0.29) is 5.78 Å². The molecule has 0 aliphatic carbocycles. The molecular weight excluding hydrogens is 212 g/mol. The van der Waals surface area contributed by atoms with Crippen LogP contribution in [0.25, 0.3) is 0 Å². The summed E-state index contributed by atoms with van der Waals surface area (Å²) in [5.41, 5.74) is 3.07. The first-order valence-electron chi connectivity index (χ1n) is 5.80. The number of hydrogen-bond acceptors (Lipinski definition) is 2. The van der Waals surface area contributed by atoms with Gasteiger partial charge < -0.3 is 4.42 Å². The standard InChI is InChI=1S/C15H16O2/c1-11-5-3-7-14(12(11)2)15(16)9-8-13-6-4-10-17-13/h3-7,10H,8-9H2,1-2H3. The van der Waals surface area contributed by atoms with Crippen LogP contribution in [-0.4, -0.2) is 5.78 Å². The van der Waals surface area contributed by atoms with Crippen molar-refractivity contribution < 1.29 is 9.21 Å². The number of rotatable bonds is 4. The van der Waals surface area contributed by atoms with Crippen LogP contribution in [0.2, 0.25) is 0 Å². The Morgan fingerprint density at radius 1 is 1.18 bits per heavy atom. The molecule has 0 radical (unpaired) electrons. The molecule has 0 saturated heterocycles. The maximum Gasteiger partial charge on any atom is 0.163 e. The fourth-order valence-electron chi connectivity index (χ4n) is 1.88. The van der Waals surface area contributed by atoms with Crippen molar-refractivity contribution >= 4 is 5.78 Å². The predicted molar refractivity (Wildman–Crippen MR) is 67.3 cm³/mol. The third-order valence-corrected chi connectivity index (χ3v) is 3.08. The summed E-state index contributed by atoms with van der Waals surface area (Å²) in [6.45, 7) is 4.02. The average Bonchev–Trinajstić information content (AvgIpc) is 2.82. The number of carbonyl (C=O) groups is 1. The Morgan fingerprint density at radius 3 is 2.71 bits per heavy atom. The molecule has 0 aliphatic rings. The van der Waals surface area contributed by atoms with Gasteiger partial charge in [0.25, 0.3) is 0 Å². The van der Waals surface area contributed by atoms with E-state index in [2.05, 4.69) is 0 Å². The molecule has 1 aromatic carbocycles. The minimum Gasteiger partial charge on any atom is -0.469 e. The Bertz CT molecular complexity index is 510. The highest BCUT2D eigenvalue weighted by Gasteiger charge is 2.10. The van der Waals surface area contributed by atoms with Gasteiger partial charge in [-0.25, -0.2) is 0 Å². The summed E-state index contributed by atoms with van der Waals surface area (Å²) in [6.07, 6.45) is 2.80. The topological polar surface area (TPSA) is 30.2 Å². The van der Waals surface area contributed by atoms with E-state index in [1.807, 2.05) is 44.2 Å². The minimum atomic E-state index is 0.183. The Morgan fingerprint density at radius 2 is 2.00 bits per heavy atom. The summed E-state index contributed by atoms with van der Waals surface area (Å²) in [7, 11) is 0. The number of Topliss-reactive ketones (excluding diaryl/α,β-unsaturated/α-hetero) is 1. The molecule has 88 valence electrons. The number of benzene rings is 1. The molecule has 2 heteroatoms. The van der Waals surface area contributed by atoms with Gasteiger partial charge in [0.2, 0.25) is 0 Å². The molecule has 2 rings (SSSR count). The van der Waals surface area contributed by atoms with E-state index in [0.717, 1.165) is 22.5 Å². The van der Waals surface area contributed by atoms with Gasteiger partial charge in [-0.1, -0.05) is 18.2 Å². The second kappa shape index (κ2) is 5.00. The van der Waals surface area contributed by atoms with Crippen LogP contribution in [0, 0.1) is 13.8 Å². The number of furan rings is 1. The summed E-state index contributed by atoms with van der Waals surface area (Å²) < 4.78 is 5.22. The second-order valence-corrected chi connectivity index (χ2v) is 4.25. The largest absolute Gasteiger partial charge is 0.469 e. The lowest BCUT2D eigenvalue weighted by Gasteiger charge is -2.06. The van der Waals surface area contributed by atoms with Crippen molar-refractivity contribution in [2.45, 2.75) is 26.7 Å². The Kier molecular flexibility index (Phi) is 3.43. The molecule has 0 saturated carbocycles. The van der Waals surface area contributed by atoms with Crippen molar-refractivity contribution in [1.29, 1.82) is 0 Å². The first-order chi connectivity index (χ1) is 8.18. The van der Waals surface area contributed by atoms with Crippen molar-refractivity contribution in [1.82, 2.24) is 0 Å². The summed E-state index contributed by atoms with van der Waals surface area (Å²) >= 11 is 0. The molecule has 0 unspecified atom stereocenters. The highest BCUT2D eigenvalue weighted by molar-refractivity contribution is 5.97. The van der Waals surface area contributed by atoms with Crippen molar-refractivity contribution in [3.8, 4) is 0 Å². The minimum absolute atomic E-state index is 0.183. The number of aryl methyl sites for hydroxylation is 2. The van der Waals surface area contributed by atoms with Gasteiger partial charge in [0.1, 0.15) is 5.76 Å². The highest BCUT2D eigenvalue weighted by atomic mass is 16.3. The van der Waals surface area contributed by atoms with E-state index < -0.39 is 0 Å². The van der Waals surface area contributed by atoms with Gasteiger partial charge in [-0.2, -0.15) is 0 Å². The van der Waals surface area contributed by atoms with Crippen LogP contribution >= 0.6 is 0 Å². The van der Waals surface area contributed by atoms with Gasteiger partial charge in [0.15, 0.2) is 5.78 Å². The van der Waals surface area contributed by atoms with Crippen LogP contribution < -0.4 is 0 Å². The van der Waals surface area contributed by atoms with E-state index in [9.17, 15) is 4.79 Å². The molecule has 1 aromatic heterocycles. The van der Waals surface area contributed by atoms with Crippen LogP contribution in [0.5, 0.6) is 0 Å². The second-order valence-electron chi connectivity index (χ2n) is 4.25. The van der Waals surface area contributed by atoms with Crippen molar-refractivity contribution in [3.63, 3.8) is 0 Å². The van der Waals surface area contributed by atoms with E-state index in [0.29, 0.717) is 12.8 Å². The molecule has 0 aliphatic heterocycles. The van der Waals surface area contributed by atoms with Gasteiger partial charge in [0.05, 0.1) is 6.26 Å². The molecule has 17 heavy (non-hydrogen) atoms.